The average molecular weight is 218 g/mol. The van der Waals surface area contributed by atoms with Crippen molar-refractivity contribution in [2.24, 2.45) is 7.05 Å². The fourth-order valence-corrected chi connectivity index (χ4v) is 1.60. The third-order valence-corrected chi connectivity index (χ3v) is 2.45. The number of carbonyl (C=O) groups excluding carboxylic acids is 1. The van der Waals surface area contributed by atoms with Crippen LogP contribution in [0.5, 0.6) is 0 Å². The highest BCUT2D eigenvalue weighted by molar-refractivity contribution is 5.92. The zero-order chi connectivity index (χ0) is 11.7. The van der Waals surface area contributed by atoms with Crippen molar-refractivity contribution in [3.8, 4) is 11.4 Å². The molecule has 4 heteroatoms. The summed E-state index contributed by atoms with van der Waals surface area (Å²) in [6.45, 7) is 1.49. The highest BCUT2D eigenvalue weighted by Crippen LogP contribution is 2.19. The molecular formula is C12H11FN2O. The summed E-state index contributed by atoms with van der Waals surface area (Å²) in [5.41, 5.74) is 1.33. The lowest BCUT2D eigenvalue weighted by Crippen LogP contribution is -2.02. The zero-order valence-corrected chi connectivity index (χ0v) is 9.07. The summed E-state index contributed by atoms with van der Waals surface area (Å²) >= 11 is 0. The molecule has 0 aliphatic carbocycles. The second-order valence-electron chi connectivity index (χ2n) is 3.59. The van der Waals surface area contributed by atoms with Crippen LogP contribution in [0.4, 0.5) is 4.39 Å². The summed E-state index contributed by atoms with van der Waals surface area (Å²) in [6, 6.07) is 6.03. The van der Waals surface area contributed by atoms with E-state index in [0.717, 1.165) is 5.56 Å². The maximum Gasteiger partial charge on any atom is 0.177 e. The van der Waals surface area contributed by atoms with Gasteiger partial charge >= 0.3 is 0 Å². The minimum atomic E-state index is -0.287. The normalized spacial score (nSPS) is 10.4. The van der Waals surface area contributed by atoms with Crippen LogP contribution in [0.25, 0.3) is 11.4 Å². The first-order valence-corrected chi connectivity index (χ1v) is 4.88. The van der Waals surface area contributed by atoms with Gasteiger partial charge in [-0.15, -0.1) is 0 Å². The van der Waals surface area contributed by atoms with Crippen LogP contribution in [-0.4, -0.2) is 15.3 Å². The average Bonchev–Trinajstić information content (AvgIpc) is 2.61. The Labute approximate surface area is 92.5 Å². The second kappa shape index (κ2) is 3.89. The predicted octanol–water partition coefficient (Wildman–Crippen LogP) is 2.43. The number of nitrogens with zero attached hydrogens (tertiary/aromatic N) is 2. The van der Waals surface area contributed by atoms with E-state index in [4.69, 9.17) is 0 Å². The molecule has 16 heavy (non-hydrogen) atoms. The van der Waals surface area contributed by atoms with Gasteiger partial charge in [0.2, 0.25) is 0 Å². The van der Waals surface area contributed by atoms with E-state index < -0.39 is 0 Å². The zero-order valence-electron chi connectivity index (χ0n) is 9.07. The van der Waals surface area contributed by atoms with Crippen LogP contribution in [0, 0.1) is 5.82 Å². The Hall–Kier alpha value is -1.97. The molecule has 0 saturated heterocycles. The summed E-state index contributed by atoms with van der Waals surface area (Å²) < 4.78 is 14.5. The van der Waals surface area contributed by atoms with Crippen molar-refractivity contribution in [2.75, 3.05) is 0 Å². The van der Waals surface area contributed by atoms with Gasteiger partial charge in [-0.2, -0.15) is 0 Å². The third-order valence-electron chi connectivity index (χ3n) is 2.45. The highest BCUT2D eigenvalue weighted by Gasteiger charge is 2.11. The lowest BCUT2D eigenvalue weighted by molar-refractivity contribution is 0.101. The van der Waals surface area contributed by atoms with Crippen molar-refractivity contribution in [3.63, 3.8) is 0 Å². The Morgan fingerprint density at radius 1 is 1.31 bits per heavy atom. The first kappa shape index (κ1) is 10.5. The SMILES string of the molecule is CC(=O)c1cnc(-c2ccc(F)cc2)n1C. The van der Waals surface area contributed by atoms with Crippen molar-refractivity contribution in [1.82, 2.24) is 9.55 Å². The van der Waals surface area contributed by atoms with Crippen LogP contribution < -0.4 is 0 Å². The molecule has 0 unspecified atom stereocenters. The molecule has 0 amide bonds. The Balaban J connectivity index is 2.49. The number of imidazole rings is 1. The summed E-state index contributed by atoms with van der Waals surface area (Å²) in [5.74, 6) is 0.332. The van der Waals surface area contributed by atoms with Crippen LogP contribution in [0.2, 0.25) is 0 Å². The Morgan fingerprint density at radius 2 is 1.94 bits per heavy atom. The molecule has 0 N–H and O–H groups in total. The van der Waals surface area contributed by atoms with Crippen molar-refractivity contribution in [1.29, 1.82) is 0 Å². The molecule has 1 aromatic carbocycles. The molecule has 2 rings (SSSR count). The van der Waals surface area contributed by atoms with E-state index in [0.29, 0.717) is 11.5 Å². The minimum absolute atomic E-state index is 0.0386. The number of hydrogen-bond acceptors (Lipinski definition) is 2. The largest absolute Gasteiger partial charge is 0.325 e. The quantitative estimate of drug-likeness (QED) is 0.725. The van der Waals surface area contributed by atoms with Gasteiger partial charge in [0.05, 0.1) is 6.20 Å². The monoisotopic (exact) mass is 218 g/mol. The Kier molecular flexibility index (Phi) is 2.56. The molecule has 1 heterocycles. The van der Waals surface area contributed by atoms with Gasteiger partial charge in [-0.05, 0) is 24.3 Å². The van der Waals surface area contributed by atoms with Crippen LogP contribution in [0.15, 0.2) is 30.5 Å². The lowest BCUT2D eigenvalue weighted by atomic mass is 10.2. The summed E-state index contributed by atoms with van der Waals surface area (Å²) in [6.07, 6.45) is 1.53. The smallest absolute Gasteiger partial charge is 0.177 e. The van der Waals surface area contributed by atoms with Crippen LogP contribution in [0.1, 0.15) is 17.4 Å². The molecule has 0 aliphatic rings. The van der Waals surface area contributed by atoms with Gasteiger partial charge in [0.15, 0.2) is 5.78 Å². The number of halogens is 1. The van der Waals surface area contributed by atoms with Gasteiger partial charge < -0.3 is 4.57 Å². The van der Waals surface area contributed by atoms with Gasteiger partial charge in [0.1, 0.15) is 17.3 Å². The minimum Gasteiger partial charge on any atom is -0.325 e. The number of rotatable bonds is 2. The van der Waals surface area contributed by atoms with Crippen LogP contribution >= 0.6 is 0 Å². The molecule has 1 aromatic heterocycles. The van der Waals surface area contributed by atoms with Crippen molar-refractivity contribution < 1.29 is 9.18 Å². The van der Waals surface area contributed by atoms with E-state index in [9.17, 15) is 9.18 Å². The number of carbonyl (C=O) groups is 1. The Morgan fingerprint density at radius 3 is 2.44 bits per heavy atom. The molecule has 0 aliphatic heterocycles. The van der Waals surface area contributed by atoms with Gasteiger partial charge in [-0.3, -0.25) is 4.79 Å². The maximum absolute atomic E-state index is 12.8. The summed E-state index contributed by atoms with van der Waals surface area (Å²) in [7, 11) is 1.77. The Bertz CT molecular complexity index is 528. The highest BCUT2D eigenvalue weighted by atomic mass is 19.1. The molecule has 0 bridgehead atoms. The predicted molar refractivity (Wildman–Crippen MR) is 58.6 cm³/mol. The molecule has 0 spiro atoms. The van der Waals surface area contributed by atoms with Crippen LogP contribution in [-0.2, 0) is 7.05 Å². The first-order valence-electron chi connectivity index (χ1n) is 4.88. The molecule has 2 aromatic rings. The van der Waals surface area contributed by atoms with Crippen molar-refractivity contribution >= 4 is 5.78 Å². The summed E-state index contributed by atoms with van der Waals surface area (Å²) in [5, 5.41) is 0. The molecule has 82 valence electrons. The maximum atomic E-state index is 12.8. The molecule has 3 nitrogen and oxygen atoms in total. The number of ketones is 1. The van der Waals surface area contributed by atoms with Gasteiger partial charge in [-0.25, -0.2) is 9.37 Å². The van der Waals surface area contributed by atoms with Crippen molar-refractivity contribution in [2.45, 2.75) is 6.92 Å². The van der Waals surface area contributed by atoms with E-state index >= 15 is 0 Å². The number of benzene rings is 1. The van der Waals surface area contributed by atoms with E-state index in [-0.39, 0.29) is 11.6 Å². The fourth-order valence-electron chi connectivity index (χ4n) is 1.60. The number of hydrogen-bond donors (Lipinski definition) is 0. The number of Topliss-reactive ketones (excluding diaryl/α,β-unsaturated/α-hetero) is 1. The van der Waals surface area contributed by atoms with E-state index in [2.05, 4.69) is 4.98 Å². The van der Waals surface area contributed by atoms with E-state index in [1.54, 1.807) is 23.7 Å². The topological polar surface area (TPSA) is 34.9 Å². The molecule has 0 radical (unpaired) electrons. The molecule has 0 saturated carbocycles. The standard InChI is InChI=1S/C12H11FN2O/c1-8(16)11-7-14-12(15(11)2)9-3-5-10(13)6-4-9/h3-7H,1-2H3. The lowest BCUT2D eigenvalue weighted by Gasteiger charge is -2.03. The molecule has 0 atom stereocenters. The third kappa shape index (κ3) is 1.74. The number of aromatic nitrogens is 2. The van der Waals surface area contributed by atoms with E-state index in [1.165, 1.54) is 25.3 Å². The van der Waals surface area contributed by atoms with Crippen LogP contribution in [0.3, 0.4) is 0 Å². The van der Waals surface area contributed by atoms with Gasteiger partial charge in [0.25, 0.3) is 0 Å². The van der Waals surface area contributed by atoms with Crippen molar-refractivity contribution in [3.05, 3.63) is 42.0 Å². The van der Waals surface area contributed by atoms with E-state index in [1.807, 2.05) is 0 Å². The fraction of sp³-hybridized carbons (Fsp3) is 0.167. The second-order valence-corrected chi connectivity index (χ2v) is 3.59. The molecular weight excluding hydrogens is 207 g/mol. The first-order chi connectivity index (χ1) is 7.59. The van der Waals surface area contributed by atoms with Gasteiger partial charge in [0, 0.05) is 19.5 Å². The molecule has 0 fully saturated rings. The summed E-state index contributed by atoms with van der Waals surface area (Å²) in [4.78, 5) is 15.4. The van der Waals surface area contributed by atoms with Gasteiger partial charge in [-0.1, -0.05) is 0 Å².